The zero-order valence-electron chi connectivity index (χ0n) is 16.2. The monoisotopic (exact) mass is 368 g/mol. The summed E-state index contributed by atoms with van der Waals surface area (Å²) in [6.45, 7) is 4.76. The Hall–Kier alpha value is -2.69. The number of benzene rings is 2. The Balaban J connectivity index is 1.79. The molecule has 0 bridgehead atoms. The molecule has 5 nitrogen and oxygen atoms in total. The quantitative estimate of drug-likeness (QED) is 0.190. The molecule has 0 amide bonds. The maximum atomic E-state index is 11.8. The van der Waals surface area contributed by atoms with E-state index in [2.05, 4.69) is 17.2 Å². The normalized spacial score (nSPS) is 10.9. The molecule has 0 fully saturated rings. The summed E-state index contributed by atoms with van der Waals surface area (Å²) in [6.07, 6.45) is 6.02. The molecule has 0 heterocycles. The summed E-state index contributed by atoms with van der Waals surface area (Å²) < 4.78 is 10.7. The number of hydrogen-bond donors (Lipinski definition) is 0. The standard InChI is InChI=1S/C22H28N2O3/c1-3-5-6-7-8-9-22(25)27-21-16-12-19(13-17-21)24-23-18-10-14-20(15-11-18)26-4-2/h10-17H,3-9H2,1-2H3. The van der Waals surface area contributed by atoms with Gasteiger partial charge in [0.15, 0.2) is 0 Å². The summed E-state index contributed by atoms with van der Waals surface area (Å²) in [5.74, 6) is 1.16. The molecule has 5 heteroatoms. The molecule has 0 radical (unpaired) electrons. The van der Waals surface area contributed by atoms with Crippen molar-refractivity contribution in [3.63, 3.8) is 0 Å². The van der Waals surface area contributed by atoms with Crippen LogP contribution in [0.5, 0.6) is 11.5 Å². The predicted molar refractivity (Wildman–Crippen MR) is 107 cm³/mol. The molecule has 0 spiro atoms. The van der Waals surface area contributed by atoms with Gasteiger partial charge in [-0.1, -0.05) is 32.6 Å². The molecule has 0 atom stereocenters. The van der Waals surface area contributed by atoms with Crippen LogP contribution >= 0.6 is 0 Å². The van der Waals surface area contributed by atoms with Crippen molar-refractivity contribution >= 4 is 17.3 Å². The number of rotatable bonds is 11. The average Bonchev–Trinajstić information content (AvgIpc) is 2.69. The average molecular weight is 368 g/mol. The maximum absolute atomic E-state index is 11.8. The second kappa shape index (κ2) is 11.8. The second-order valence-electron chi connectivity index (χ2n) is 6.26. The molecule has 27 heavy (non-hydrogen) atoms. The molecule has 0 unspecified atom stereocenters. The van der Waals surface area contributed by atoms with E-state index < -0.39 is 0 Å². The maximum Gasteiger partial charge on any atom is 0.311 e. The Labute approximate surface area is 161 Å². The number of carbonyl (C=O) groups is 1. The summed E-state index contributed by atoms with van der Waals surface area (Å²) in [6, 6.07) is 14.5. The van der Waals surface area contributed by atoms with Crippen molar-refractivity contribution in [3.05, 3.63) is 48.5 Å². The summed E-state index contributed by atoms with van der Waals surface area (Å²) in [4.78, 5) is 11.8. The van der Waals surface area contributed by atoms with Crippen LogP contribution in [0.15, 0.2) is 58.8 Å². The Morgan fingerprint density at radius 3 is 1.89 bits per heavy atom. The first-order chi connectivity index (χ1) is 13.2. The lowest BCUT2D eigenvalue weighted by Crippen LogP contribution is -2.07. The number of azo groups is 1. The number of esters is 1. The van der Waals surface area contributed by atoms with Gasteiger partial charge in [-0.05, 0) is 61.9 Å². The number of carbonyl (C=O) groups excluding carboxylic acids is 1. The second-order valence-corrected chi connectivity index (χ2v) is 6.26. The van der Waals surface area contributed by atoms with Gasteiger partial charge in [0, 0.05) is 6.42 Å². The molecular formula is C22H28N2O3. The van der Waals surface area contributed by atoms with E-state index in [0.29, 0.717) is 24.5 Å². The molecule has 144 valence electrons. The highest BCUT2D eigenvalue weighted by Crippen LogP contribution is 2.23. The SMILES string of the molecule is CCCCCCCC(=O)Oc1ccc(N=Nc2ccc(OCC)cc2)cc1. The molecule has 0 saturated carbocycles. The minimum atomic E-state index is -0.185. The van der Waals surface area contributed by atoms with E-state index in [1.807, 2.05) is 31.2 Å². The first kappa shape index (κ1) is 20.6. The van der Waals surface area contributed by atoms with E-state index in [9.17, 15) is 4.79 Å². The van der Waals surface area contributed by atoms with E-state index in [1.165, 1.54) is 19.3 Å². The number of hydrogen-bond acceptors (Lipinski definition) is 5. The number of nitrogens with zero attached hydrogens (tertiary/aromatic N) is 2. The van der Waals surface area contributed by atoms with Crippen LogP contribution in [0.25, 0.3) is 0 Å². The highest BCUT2D eigenvalue weighted by atomic mass is 16.5. The van der Waals surface area contributed by atoms with Gasteiger partial charge in [0.1, 0.15) is 11.5 Å². The smallest absolute Gasteiger partial charge is 0.311 e. The van der Waals surface area contributed by atoms with Gasteiger partial charge >= 0.3 is 5.97 Å². The Bertz CT molecular complexity index is 709. The third kappa shape index (κ3) is 8.03. The molecular weight excluding hydrogens is 340 g/mol. The first-order valence-corrected chi connectivity index (χ1v) is 9.66. The Kier molecular flexibility index (Phi) is 9.04. The lowest BCUT2D eigenvalue weighted by molar-refractivity contribution is -0.134. The summed E-state index contributed by atoms with van der Waals surface area (Å²) >= 11 is 0. The fraction of sp³-hybridized carbons (Fsp3) is 0.409. The van der Waals surface area contributed by atoms with Crippen molar-refractivity contribution < 1.29 is 14.3 Å². The number of ether oxygens (including phenoxy) is 2. The molecule has 2 rings (SSSR count). The summed E-state index contributed by atoms with van der Waals surface area (Å²) in [5.41, 5.74) is 1.44. The molecule has 0 aliphatic carbocycles. The van der Waals surface area contributed by atoms with Crippen molar-refractivity contribution in [2.45, 2.75) is 52.4 Å². The zero-order chi connectivity index (χ0) is 19.3. The Morgan fingerprint density at radius 1 is 0.778 bits per heavy atom. The van der Waals surface area contributed by atoms with Gasteiger partial charge in [0.25, 0.3) is 0 Å². The number of unbranched alkanes of at least 4 members (excludes halogenated alkanes) is 4. The fourth-order valence-corrected chi connectivity index (χ4v) is 2.53. The van der Waals surface area contributed by atoms with Crippen molar-refractivity contribution in [1.82, 2.24) is 0 Å². The van der Waals surface area contributed by atoms with Crippen LogP contribution < -0.4 is 9.47 Å². The van der Waals surface area contributed by atoms with Gasteiger partial charge in [0.2, 0.25) is 0 Å². The minimum absolute atomic E-state index is 0.185. The van der Waals surface area contributed by atoms with Crippen LogP contribution in [0, 0.1) is 0 Å². The largest absolute Gasteiger partial charge is 0.494 e. The highest BCUT2D eigenvalue weighted by molar-refractivity contribution is 5.72. The van der Waals surface area contributed by atoms with Crippen molar-refractivity contribution in [2.24, 2.45) is 10.2 Å². The third-order valence-corrected chi connectivity index (χ3v) is 3.98. The van der Waals surface area contributed by atoms with Crippen LogP contribution in [0.4, 0.5) is 11.4 Å². The van der Waals surface area contributed by atoms with Crippen molar-refractivity contribution in [3.8, 4) is 11.5 Å². The molecule has 2 aromatic carbocycles. The van der Waals surface area contributed by atoms with Gasteiger partial charge in [-0.3, -0.25) is 4.79 Å². The van der Waals surface area contributed by atoms with Crippen LogP contribution in [-0.4, -0.2) is 12.6 Å². The predicted octanol–water partition coefficient (Wildman–Crippen LogP) is 6.77. The molecule has 0 saturated heterocycles. The van der Waals surface area contributed by atoms with Gasteiger partial charge in [-0.25, -0.2) is 0 Å². The van der Waals surface area contributed by atoms with Gasteiger partial charge < -0.3 is 9.47 Å². The summed E-state index contributed by atoms with van der Waals surface area (Å²) in [7, 11) is 0. The zero-order valence-corrected chi connectivity index (χ0v) is 16.2. The van der Waals surface area contributed by atoms with E-state index >= 15 is 0 Å². The first-order valence-electron chi connectivity index (χ1n) is 9.66. The van der Waals surface area contributed by atoms with Gasteiger partial charge in [0.05, 0.1) is 18.0 Å². The molecule has 0 aliphatic heterocycles. The molecule has 0 aliphatic rings. The van der Waals surface area contributed by atoms with E-state index in [4.69, 9.17) is 9.47 Å². The lowest BCUT2D eigenvalue weighted by atomic mass is 10.1. The van der Waals surface area contributed by atoms with E-state index in [-0.39, 0.29) is 5.97 Å². The molecule has 0 N–H and O–H groups in total. The summed E-state index contributed by atoms with van der Waals surface area (Å²) in [5, 5.41) is 8.39. The van der Waals surface area contributed by atoms with Crippen LogP contribution in [-0.2, 0) is 4.79 Å². The van der Waals surface area contributed by atoms with Crippen molar-refractivity contribution in [2.75, 3.05) is 6.61 Å². The van der Waals surface area contributed by atoms with Gasteiger partial charge in [-0.15, -0.1) is 0 Å². The highest BCUT2D eigenvalue weighted by Gasteiger charge is 2.04. The van der Waals surface area contributed by atoms with E-state index in [0.717, 1.165) is 24.3 Å². The minimum Gasteiger partial charge on any atom is -0.494 e. The Morgan fingerprint density at radius 2 is 1.33 bits per heavy atom. The van der Waals surface area contributed by atoms with E-state index in [1.54, 1.807) is 24.3 Å². The van der Waals surface area contributed by atoms with Crippen LogP contribution in [0.2, 0.25) is 0 Å². The van der Waals surface area contributed by atoms with Crippen LogP contribution in [0.3, 0.4) is 0 Å². The molecule has 2 aromatic rings. The van der Waals surface area contributed by atoms with Crippen molar-refractivity contribution in [1.29, 1.82) is 0 Å². The topological polar surface area (TPSA) is 60.2 Å². The third-order valence-electron chi connectivity index (χ3n) is 3.98. The van der Waals surface area contributed by atoms with Crippen LogP contribution in [0.1, 0.15) is 52.4 Å². The fourth-order valence-electron chi connectivity index (χ4n) is 2.53. The lowest BCUT2D eigenvalue weighted by Gasteiger charge is -2.04. The van der Waals surface area contributed by atoms with Gasteiger partial charge in [-0.2, -0.15) is 10.2 Å². The molecule has 0 aromatic heterocycles.